The number of nitriles is 3. The lowest BCUT2D eigenvalue weighted by Gasteiger charge is -2.16. The van der Waals surface area contributed by atoms with Crippen molar-refractivity contribution in [1.82, 2.24) is 107 Å². The predicted molar refractivity (Wildman–Crippen MR) is 537 cm³/mol. The van der Waals surface area contributed by atoms with Crippen LogP contribution < -0.4 is 74.9 Å². The standard InChI is InChI=1S/C24H23N9O2S.C17H18N8OS.C16H16N6O.C9H11N5.2C7H7NO2.C5H8N2.C4H4IN3.C2H6N2S/c34-21(13-17-5-1-3-10-25-17)27-19-7-8-20(30-29-19)33-12-9-16(15-33)23-31-32-24(36-23)28-22(35)14-18-6-2-4-11-26-18;18-17-24-23-16(27-17)11-6-8-25(10-11)14-5-4-13(21-22-14)20-15(26)9-12-3-1-2-7-19-12;17-10-12-6-8-22(11-12)15-5-4-14(20-21-15)19-16(23)9-13-3-1-2-7-18-13;10-5-7-3-4-14(6-7)9-2-1-8(11)12-13-9;2*9-7(10)5-6-3-1-2-4-8-6;6-3-5-1-2-7-4-5;5-3-1-2-4(6)8-7-3;3-1-2(4)5/h1-8,10-11,16H,9,12-15H2,(H,27,29,34)(H,28,32,35);1-5,7,11H,6,8-10H2,(H2,18,24)(H,20,21,26);1-5,7,12H,6,8-9,11H2,(H,19,20,23);1-2,7H,3-4,6H2,(H2,11,12);2*1-4H,5H2,(H,9,10);5,7H,1-2,4H2;1-2H,(H2,6,8);1,3H2,(H2,4,5). The number of aliphatic carboxylic acids is 2. The first kappa shape index (κ1) is 106. The molecule has 17 N–H and O–H groups in total. The number of anilines is 11. The first-order valence-corrected chi connectivity index (χ1v) is 46.7. The van der Waals surface area contributed by atoms with E-state index in [1.165, 1.54) is 22.7 Å². The highest BCUT2D eigenvalue weighted by atomic mass is 127. The van der Waals surface area contributed by atoms with Crippen molar-refractivity contribution in [2.24, 2.45) is 29.2 Å². The normalized spacial score (nSPS) is 15.5. The van der Waals surface area contributed by atoms with Crippen LogP contribution in [-0.4, -0.2) is 224 Å². The molecule has 5 saturated heterocycles. The highest BCUT2D eigenvalue weighted by Gasteiger charge is 2.31. The van der Waals surface area contributed by atoms with E-state index in [0.717, 1.165) is 128 Å². The summed E-state index contributed by atoms with van der Waals surface area (Å²) in [5, 5.41) is 116. The van der Waals surface area contributed by atoms with Gasteiger partial charge in [0.25, 0.3) is 0 Å². The fourth-order valence-corrected chi connectivity index (χ4v) is 15.2. The van der Waals surface area contributed by atoms with Crippen molar-refractivity contribution in [2.75, 3.05) is 130 Å². The van der Waals surface area contributed by atoms with Crippen LogP contribution in [-0.2, 0) is 67.3 Å². The number of carboxylic acids is 2. The molecule has 13 aromatic rings. The number of amides is 4. The van der Waals surface area contributed by atoms with Crippen molar-refractivity contribution < 1.29 is 39.0 Å². The minimum Gasteiger partial charge on any atom is -0.481 e. The molecule has 45 nitrogen and oxygen atoms in total. The summed E-state index contributed by atoms with van der Waals surface area (Å²) in [6.45, 7) is 8.52. The van der Waals surface area contributed by atoms with Gasteiger partial charge in [-0.25, -0.2) is 0 Å². The monoisotopic (exact) mass is 2060 g/mol. The molecule has 0 spiro atoms. The van der Waals surface area contributed by atoms with Gasteiger partial charge in [-0.05, 0) is 195 Å². The number of thiocarbonyl (C=S) groups is 1. The summed E-state index contributed by atoms with van der Waals surface area (Å²) in [4.78, 5) is 102. The van der Waals surface area contributed by atoms with E-state index in [9.17, 15) is 28.8 Å². The molecule has 5 atom stereocenters. The predicted octanol–water partition coefficient (Wildman–Crippen LogP) is 7.20. The van der Waals surface area contributed by atoms with Gasteiger partial charge >= 0.3 is 11.9 Å². The maximum atomic E-state index is 12.3. The lowest BCUT2D eigenvalue weighted by molar-refractivity contribution is -0.137. The van der Waals surface area contributed by atoms with Crippen molar-refractivity contribution in [3.63, 3.8) is 0 Å². The van der Waals surface area contributed by atoms with Crippen LogP contribution in [0.15, 0.2) is 207 Å². The van der Waals surface area contributed by atoms with Gasteiger partial charge in [0.15, 0.2) is 40.7 Å². The number of carboxylic acid groups (broad SMARTS) is 2. The maximum absolute atomic E-state index is 12.3. The largest absolute Gasteiger partial charge is 0.481 e. The minimum absolute atomic E-state index is 0.000833. The molecule has 5 unspecified atom stereocenters. The third-order valence-electron chi connectivity index (χ3n) is 20.2. The van der Waals surface area contributed by atoms with E-state index < -0.39 is 11.9 Å². The Bertz CT molecular complexity index is 6070. The Morgan fingerprint density at radius 1 is 0.400 bits per heavy atom. The average molecular weight is 2060 g/mol. The van der Waals surface area contributed by atoms with Crippen LogP contribution in [0.4, 0.5) is 62.6 Å². The van der Waals surface area contributed by atoms with Gasteiger partial charge in [-0.1, -0.05) is 71.3 Å². The number of nitrogens with one attached hydrogen (secondary N) is 5. The van der Waals surface area contributed by atoms with Gasteiger partial charge in [0.05, 0.1) is 90.9 Å². The Morgan fingerprint density at radius 3 is 1.01 bits per heavy atom. The summed E-state index contributed by atoms with van der Waals surface area (Å²) >= 11 is 9.24. The van der Waals surface area contributed by atoms with Crippen LogP contribution in [0.5, 0.6) is 0 Å². The van der Waals surface area contributed by atoms with Crippen LogP contribution in [0.3, 0.4) is 0 Å². The molecule has 5 fully saturated rings. The fourth-order valence-electron chi connectivity index (χ4n) is 13.3. The molecule has 0 saturated carbocycles. The summed E-state index contributed by atoms with van der Waals surface area (Å²) in [5.74, 6) is 3.67. The number of nitrogens with two attached hydrogens (primary N) is 5. The Morgan fingerprint density at radius 2 is 0.736 bits per heavy atom. The van der Waals surface area contributed by atoms with Crippen LogP contribution in [0.1, 0.15) is 88.1 Å². The van der Waals surface area contributed by atoms with E-state index in [2.05, 4.69) is 196 Å². The van der Waals surface area contributed by atoms with Crippen molar-refractivity contribution in [3.8, 4) is 18.2 Å². The van der Waals surface area contributed by atoms with E-state index in [1.54, 1.807) is 128 Å². The molecule has 722 valence electrons. The number of halogens is 1. The third-order valence-corrected chi connectivity index (χ3v) is 22.8. The van der Waals surface area contributed by atoms with Gasteiger partial charge in [-0.3, -0.25) is 58.7 Å². The number of hydrogen-bond donors (Lipinski definition) is 12. The quantitative estimate of drug-likeness (QED) is 0.0222. The maximum Gasteiger partial charge on any atom is 0.309 e. The SMILES string of the molecule is N#CC1CCN(c2ccc(N)nn2)C1.N#CC1CCN(c2ccc(NC(=O)Cc3ccccn3)nn2)C1.N#CC1CCNC1.NCC(N)=S.Nc1ccc(I)nn1.Nc1nnc(C2CCN(c3ccc(NC(=O)Cc4ccccn4)nn3)C2)s1.O=C(Cc1ccccn1)Nc1ccc(N2CCC(c3nnc(NC(=O)Cc4ccccn4)s3)C2)nn1.O=C(O)Cc1ccccn1.O=C(O)Cc1ccccn1. The summed E-state index contributed by atoms with van der Waals surface area (Å²) in [6, 6.07) is 56.8. The van der Waals surface area contributed by atoms with Gasteiger partial charge in [-0.2, -0.15) is 15.8 Å². The van der Waals surface area contributed by atoms with Crippen molar-refractivity contribution in [2.45, 2.75) is 82.5 Å². The molecule has 18 heterocycles. The average Bonchev–Trinajstić information content (AvgIpc) is 1.68. The smallest absolute Gasteiger partial charge is 0.309 e. The Hall–Kier alpha value is -16.2. The van der Waals surface area contributed by atoms with E-state index in [4.69, 9.17) is 54.7 Å². The number of carbonyl (C=O) groups is 6. The number of carbonyl (C=O) groups excluding carboxylic acids is 4. The van der Waals surface area contributed by atoms with Gasteiger partial charge < -0.3 is 85.1 Å². The molecule has 18 rings (SSSR count). The van der Waals surface area contributed by atoms with E-state index >= 15 is 0 Å². The number of aromatic nitrogens is 20. The second kappa shape index (κ2) is 57.7. The molecule has 13 aromatic heterocycles. The highest BCUT2D eigenvalue weighted by Crippen LogP contribution is 2.35. The second-order valence-corrected chi connectivity index (χ2v) is 34.5. The van der Waals surface area contributed by atoms with Gasteiger partial charge in [0, 0.05) is 137 Å². The van der Waals surface area contributed by atoms with E-state index in [-0.39, 0.29) is 79.9 Å². The molecule has 140 heavy (non-hydrogen) atoms. The summed E-state index contributed by atoms with van der Waals surface area (Å²) < 4.78 is 0.858. The lowest BCUT2D eigenvalue weighted by Crippen LogP contribution is -2.21. The summed E-state index contributed by atoms with van der Waals surface area (Å²) in [6.07, 6.45) is 15.2. The zero-order valence-corrected chi connectivity index (χ0v) is 80.1. The van der Waals surface area contributed by atoms with Crippen LogP contribution in [0.25, 0.3) is 0 Å². The van der Waals surface area contributed by atoms with Crippen LogP contribution in [0.2, 0.25) is 0 Å². The second-order valence-electron chi connectivity index (χ2n) is 30.8. The van der Waals surface area contributed by atoms with Gasteiger partial charge in [0.2, 0.25) is 33.9 Å². The van der Waals surface area contributed by atoms with Crippen molar-refractivity contribution in [3.05, 3.63) is 255 Å². The highest BCUT2D eigenvalue weighted by molar-refractivity contribution is 14.1. The van der Waals surface area contributed by atoms with Crippen LogP contribution >= 0.6 is 57.5 Å². The molecule has 0 aliphatic carbocycles. The van der Waals surface area contributed by atoms with Crippen molar-refractivity contribution in [1.29, 1.82) is 15.8 Å². The Balaban J connectivity index is 0.000000173. The Labute approximate surface area is 831 Å². The lowest BCUT2D eigenvalue weighted by atomic mass is 10.1. The van der Waals surface area contributed by atoms with Crippen molar-refractivity contribution >= 4 is 161 Å². The number of nitrogens with zero attached hydrogens (tertiary/aromatic N) is 27. The molecule has 0 radical (unpaired) electrons. The molecule has 5 aliphatic heterocycles. The topological polar surface area (TPSA) is 675 Å². The van der Waals surface area contributed by atoms with E-state index in [1.807, 2.05) is 83.8 Å². The zero-order valence-electron chi connectivity index (χ0n) is 75.5. The number of pyridine rings is 6. The number of rotatable bonds is 23. The molecular formula is C91H100IN37O8S3. The molecule has 5 aliphatic rings. The van der Waals surface area contributed by atoms with Gasteiger partial charge in [0.1, 0.15) is 25.4 Å². The molecule has 0 aromatic carbocycles. The van der Waals surface area contributed by atoms with E-state index in [0.29, 0.717) is 103 Å². The molecule has 49 heteroatoms. The summed E-state index contributed by atoms with van der Waals surface area (Å²) in [7, 11) is 0. The molecular weight excluding hydrogens is 1960 g/mol. The minimum atomic E-state index is -0.848. The fraction of sp³-hybridized carbons (Fsp3) is 0.297. The third kappa shape index (κ3) is 38.6. The molecule has 0 bridgehead atoms. The first-order chi connectivity index (χ1) is 67.9. The number of nitrogen functional groups attached to an aromatic ring is 3. The zero-order chi connectivity index (χ0) is 99.6. The molecule has 4 amide bonds. The summed E-state index contributed by atoms with van der Waals surface area (Å²) in [5.41, 5.74) is 30.1. The van der Waals surface area contributed by atoms with Crippen LogP contribution in [0, 0.1) is 55.4 Å². The number of hydrogen-bond acceptors (Lipinski definition) is 41. The first-order valence-electron chi connectivity index (χ1n) is 43.6. The van der Waals surface area contributed by atoms with Gasteiger partial charge in [-0.15, -0.1) is 71.4 Å². The Kier molecular flexibility index (Phi) is 43.6.